The lowest BCUT2D eigenvalue weighted by atomic mass is 9.98. The van der Waals surface area contributed by atoms with Crippen LogP contribution in [0.3, 0.4) is 0 Å². The number of ether oxygens (including phenoxy) is 3. The number of carbonyl (C=O) groups excluding carboxylic acids is 1. The predicted octanol–water partition coefficient (Wildman–Crippen LogP) is 5.15. The molecule has 2 N–H and O–H groups in total. The van der Waals surface area contributed by atoms with E-state index >= 15 is 0 Å². The van der Waals surface area contributed by atoms with Crippen molar-refractivity contribution in [1.29, 1.82) is 0 Å². The molecule has 1 aliphatic carbocycles. The molecule has 0 radical (unpaired) electrons. The molecule has 0 bridgehead atoms. The van der Waals surface area contributed by atoms with Gasteiger partial charge in [0, 0.05) is 5.92 Å². The first-order chi connectivity index (χ1) is 16.5. The Morgan fingerprint density at radius 2 is 1.62 bits per heavy atom. The van der Waals surface area contributed by atoms with Gasteiger partial charge in [-0.25, -0.2) is 4.79 Å². The largest absolute Gasteiger partial charge is 0.493 e. The third-order valence-electron chi connectivity index (χ3n) is 5.90. The van der Waals surface area contributed by atoms with E-state index in [0.717, 1.165) is 22.3 Å². The van der Waals surface area contributed by atoms with E-state index in [0.29, 0.717) is 23.7 Å². The zero-order valence-corrected chi connectivity index (χ0v) is 19.1. The molecule has 1 amide bonds. The number of fused-ring (bicyclic) bond motifs is 3. The van der Waals surface area contributed by atoms with Gasteiger partial charge in [-0.2, -0.15) is 0 Å². The summed E-state index contributed by atoms with van der Waals surface area (Å²) in [4.78, 5) is 24.2. The first-order valence-electron chi connectivity index (χ1n) is 11.2. The lowest BCUT2D eigenvalue weighted by molar-refractivity contribution is -0.137. The molecule has 1 atom stereocenters. The van der Waals surface area contributed by atoms with Crippen LogP contribution in [0, 0.1) is 0 Å². The molecular weight excluding hydrogens is 434 g/mol. The van der Waals surface area contributed by atoms with Crippen molar-refractivity contribution in [3.05, 3.63) is 83.4 Å². The molecule has 0 unspecified atom stereocenters. The molecule has 176 valence electrons. The topological polar surface area (TPSA) is 94.1 Å². The summed E-state index contributed by atoms with van der Waals surface area (Å²) in [6.07, 6.45) is -0.982. The van der Waals surface area contributed by atoms with E-state index in [1.165, 1.54) is 7.11 Å². The van der Waals surface area contributed by atoms with E-state index < -0.39 is 18.1 Å². The Bertz CT molecular complexity index is 1150. The van der Waals surface area contributed by atoms with Crippen molar-refractivity contribution in [3.63, 3.8) is 0 Å². The second-order valence-corrected chi connectivity index (χ2v) is 7.96. The van der Waals surface area contributed by atoms with Crippen LogP contribution in [0.15, 0.2) is 66.7 Å². The molecule has 7 heteroatoms. The van der Waals surface area contributed by atoms with Gasteiger partial charge in [0.1, 0.15) is 6.61 Å². The quantitative estimate of drug-likeness (QED) is 0.458. The maximum atomic E-state index is 12.7. The monoisotopic (exact) mass is 461 g/mol. The van der Waals surface area contributed by atoms with Crippen LogP contribution in [0.1, 0.15) is 42.0 Å². The number of nitrogens with one attached hydrogen (secondary N) is 1. The number of benzene rings is 3. The number of rotatable bonds is 9. The SMILES string of the molecule is CCOc1cc([C@H](CC(=O)O)NC(=O)OCC2c3ccccc3-c3ccccc32)ccc1OC. The first kappa shape index (κ1) is 23.2. The van der Waals surface area contributed by atoms with Gasteiger partial charge in [-0.3, -0.25) is 4.79 Å². The Morgan fingerprint density at radius 3 is 2.21 bits per heavy atom. The average molecular weight is 462 g/mol. The summed E-state index contributed by atoms with van der Waals surface area (Å²) in [5.74, 6) is -0.118. The summed E-state index contributed by atoms with van der Waals surface area (Å²) in [6, 6.07) is 20.4. The smallest absolute Gasteiger partial charge is 0.407 e. The summed E-state index contributed by atoms with van der Waals surface area (Å²) in [6.45, 7) is 2.41. The van der Waals surface area contributed by atoms with Crippen LogP contribution in [-0.2, 0) is 9.53 Å². The van der Waals surface area contributed by atoms with Crippen LogP contribution in [-0.4, -0.2) is 37.5 Å². The van der Waals surface area contributed by atoms with Crippen LogP contribution in [0.25, 0.3) is 11.1 Å². The van der Waals surface area contributed by atoms with Crippen LogP contribution >= 0.6 is 0 Å². The number of hydrogen-bond acceptors (Lipinski definition) is 5. The Kier molecular flexibility index (Phi) is 7.01. The van der Waals surface area contributed by atoms with Crippen LogP contribution < -0.4 is 14.8 Å². The number of methoxy groups -OCH3 is 1. The van der Waals surface area contributed by atoms with Crippen LogP contribution in [0.5, 0.6) is 11.5 Å². The van der Waals surface area contributed by atoms with Gasteiger partial charge in [0.15, 0.2) is 11.5 Å². The molecule has 0 aromatic heterocycles. The number of alkyl carbamates (subject to hydrolysis) is 1. The lowest BCUT2D eigenvalue weighted by Gasteiger charge is -2.20. The van der Waals surface area contributed by atoms with Gasteiger partial charge in [0.2, 0.25) is 0 Å². The Balaban J connectivity index is 1.49. The zero-order valence-electron chi connectivity index (χ0n) is 19.1. The van der Waals surface area contributed by atoms with Crippen molar-refractivity contribution in [1.82, 2.24) is 5.32 Å². The fourth-order valence-corrected chi connectivity index (χ4v) is 4.39. The van der Waals surface area contributed by atoms with E-state index in [1.807, 2.05) is 43.3 Å². The van der Waals surface area contributed by atoms with Gasteiger partial charge in [-0.1, -0.05) is 54.6 Å². The summed E-state index contributed by atoms with van der Waals surface area (Å²) in [7, 11) is 1.53. The summed E-state index contributed by atoms with van der Waals surface area (Å²) >= 11 is 0. The van der Waals surface area contributed by atoms with Gasteiger partial charge >= 0.3 is 12.1 Å². The molecule has 0 spiro atoms. The van der Waals surface area contributed by atoms with Crippen LogP contribution in [0.4, 0.5) is 4.79 Å². The van der Waals surface area contributed by atoms with E-state index in [4.69, 9.17) is 14.2 Å². The molecule has 3 aromatic carbocycles. The molecule has 34 heavy (non-hydrogen) atoms. The van der Waals surface area contributed by atoms with Crippen molar-refractivity contribution in [2.24, 2.45) is 0 Å². The fourth-order valence-electron chi connectivity index (χ4n) is 4.39. The highest BCUT2D eigenvalue weighted by Gasteiger charge is 2.29. The van der Waals surface area contributed by atoms with E-state index in [9.17, 15) is 14.7 Å². The predicted molar refractivity (Wildman–Crippen MR) is 127 cm³/mol. The van der Waals surface area contributed by atoms with Crippen LogP contribution in [0.2, 0.25) is 0 Å². The van der Waals surface area contributed by atoms with E-state index in [2.05, 4.69) is 17.4 Å². The number of carboxylic acid groups (broad SMARTS) is 1. The van der Waals surface area contributed by atoms with Gasteiger partial charge in [-0.15, -0.1) is 0 Å². The molecule has 0 aliphatic heterocycles. The van der Waals surface area contributed by atoms with E-state index in [1.54, 1.807) is 18.2 Å². The van der Waals surface area contributed by atoms with Crippen molar-refractivity contribution < 1.29 is 28.9 Å². The van der Waals surface area contributed by atoms with Crippen molar-refractivity contribution in [3.8, 4) is 22.6 Å². The Morgan fingerprint density at radius 1 is 0.971 bits per heavy atom. The van der Waals surface area contributed by atoms with Gasteiger partial charge in [0.25, 0.3) is 0 Å². The second kappa shape index (κ2) is 10.3. The highest BCUT2D eigenvalue weighted by atomic mass is 16.5. The third-order valence-corrected chi connectivity index (χ3v) is 5.90. The van der Waals surface area contributed by atoms with E-state index in [-0.39, 0.29) is 18.9 Å². The van der Waals surface area contributed by atoms with Gasteiger partial charge in [0.05, 0.1) is 26.2 Å². The molecule has 3 aromatic rings. The van der Waals surface area contributed by atoms with Crippen molar-refractivity contribution in [2.75, 3.05) is 20.3 Å². The highest BCUT2D eigenvalue weighted by molar-refractivity contribution is 5.79. The lowest BCUT2D eigenvalue weighted by Crippen LogP contribution is -2.31. The number of aliphatic carboxylic acids is 1. The molecule has 0 heterocycles. The molecule has 1 aliphatic rings. The van der Waals surface area contributed by atoms with Crippen molar-refractivity contribution in [2.45, 2.75) is 25.3 Å². The standard InChI is InChI=1S/C27H27NO6/c1-3-33-25-14-17(12-13-24(25)32-2)23(15-26(29)30)28-27(31)34-16-22-20-10-6-4-8-18(20)19-9-5-7-11-21(19)22/h4-14,22-23H,3,15-16H2,1-2H3,(H,28,31)(H,29,30)/t23-/m0/s1. The molecule has 7 nitrogen and oxygen atoms in total. The van der Waals surface area contributed by atoms with Gasteiger partial charge < -0.3 is 24.6 Å². The number of carbonyl (C=O) groups is 2. The number of carboxylic acids is 1. The molecule has 0 saturated carbocycles. The summed E-state index contributed by atoms with van der Waals surface area (Å²) < 4.78 is 16.5. The molecule has 0 fully saturated rings. The Labute approximate surface area is 198 Å². The Hall–Kier alpha value is -4.00. The minimum Gasteiger partial charge on any atom is -0.493 e. The average Bonchev–Trinajstić information content (AvgIpc) is 3.16. The summed E-state index contributed by atoms with van der Waals surface area (Å²) in [5, 5.41) is 12.1. The fraction of sp³-hybridized carbons (Fsp3) is 0.259. The first-order valence-corrected chi connectivity index (χ1v) is 11.2. The minimum absolute atomic E-state index is 0.0818. The molecule has 0 saturated heterocycles. The number of amides is 1. The third kappa shape index (κ3) is 4.83. The number of hydrogen-bond donors (Lipinski definition) is 2. The maximum absolute atomic E-state index is 12.7. The molecule has 4 rings (SSSR count). The van der Waals surface area contributed by atoms with Crippen molar-refractivity contribution >= 4 is 12.1 Å². The minimum atomic E-state index is -1.04. The highest BCUT2D eigenvalue weighted by Crippen LogP contribution is 2.44. The second-order valence-electron chi connectivity index (χ2n) is 7.96. The maximum Gasteiger partial charge on any atom is 0.407 e. The zero-order chi connectivity index (χ0) is 24.1. The summed E-state index contributed by atoms with van der Waals surface area (Å²) in [5.41, 5.74) is 5.07. The molecular formula is C27H27NO6. The normalized spacial score (nSPS) is 12.9. The van der Waals surface area contributed by atoms with Gasteiger partial charge in [-0.05, 0) is 46.9 Å².